The number of fused-ring (bicyclic) bond motifs is 1. The average Bonchev–Trinajstić information content (AvgIpc) is 2.56. The second-order valence-electron chi connectivity index (χ2n) is 4.54. The van der Waals surface area contributed by atoms with Crippen molar-refractivity contribution < 1.29 is 14.3 Å². The highest BCUT2D eigenvalue weighted by Gasteiger charge is 2.27. The van der Waals surface area contributed by atoms with Crippen LogP contribution in [0.1, 0.15) is 21.8 Å². The zero-order valence-electron chi connectivity index (χ0n) is 11.2. The molecule has 3 rings (SSSR count). The molecule has 0 spiro atoms. The number of ketones is 1. The molecule has 5 heteroatoms. The molecule has 2 heterocycles. The molecule has 0 saturated heterocycles. The van der Waals surface area contributed by atoms with Crippen LogP contribution in [0.5, 0.6) is 11.5 Å². The molecule has 1 aromatic heterocycles. The average molecular weight is 280 g/mol. The van der Waals surface area contributed by atoms with Gasteiger partial charge in [0.15, 0.2) is 17.3 Å². The van der Waals surface area contributed by atoms with E-state index in [-0.39, 0.29) is 5.78 Å². The van der Waals surface area contributed by atoms with Crippen molar-refractivity contribution in [3.05, 3.63) is 53.9 Å². The van der Waals surface area contributed by atoms with E-state index in [0.717, 1.165) is 0 Å². The van der Waals surface area contributed by atoms with Crippen molar-refractivity contribution in [2.45, 2.75) is 5.92 Å². The third-order valence-electron chi connectivity index (χ3n) is 3.26. The summed E-state index contributed by atoms with van der Waals surface area (Å²) in [5, 5.41) is 9.35. The molecule has 0 radical (unpaired) electrons. The minimum Gasteiger partial charge on any atom is -0.486 e. The van der Waals surface area contributed by atoms with Gasteiger partial charge < -0.3 is 9.47 Å². The number of carbonyl (C=O) groups excluding carboxylic acids is 1. The van der Waals surface area contributed by atoms with Crippen LogP contribution < -0.4 is 9.47 Å². The molecular weight excluding hydrogens is 268 g/mol. The number of hydrogen-bond donors (Lipinski definition) is 0. The Morgan fingerprint density at radius 3 is 2.71 bits per heavy atom. The van der Waals surface area contributed by atoms with Gasteiger partial charge in [-0.1, -0.05) is 6.07 Å². The van der Waals surface area contributed by atoms with Gasteiger partial charge in [-0.05, 0) is 29.8 Å². The molecule has 1 aliphatic heterocycles. The largest absolute Gasteiger partial charge is 0.486 e. The summed E-state index contributed by atoms with van der Waals surface area (Å²) in [6.07, 6.45) is 3.13. The van der Waals surface area contributed by atoms with E-state index in [1.54, 1.807) is 42.7 Å². The molecule has 21 heavy (non-hydrogen) atoms. The molecule has 1 aromatic carbocycles. The molecule has 1 unspecified atom stereocenters. The van der Waals surface area contributed by atoms with E-state index in [0.29, 0.717) is 35.8 Å². The highest BCUT2D eigenvalue weighted by Crippen LogP contribution is 2.36. The Balaban J connectivity index is 2.00. The maximum absolute atomic E-state index is 12.7. The van der Waals surface area contributed by atoms with Gasteiger partial charge in [-0.3, -0.25) is 9.78 Å². The first-order valence-electron chi connectivity index (χ1n) is 6.53. The van der Waals surface area contributed by atoms with E-state index in [4.69, 9.17) is 9.47 Å². The lowest BCUT2D eigenvalue weighted by atomic mass is 9.92. The highest BCUT2D eigenvalue weighted by atomic mass is 16.6. The van der Waals surface area contributed by atoms with Crippen molar-refractivity contribution in [3.8, 4) is 17.6 Å². The van der Waals surface area contributed by atoms with Crippen LogP contribution in [0, 0.1) is 11.3 Å². The summed E-state index contributed by atoms with van der Waals surface area (Å²) >= 11 is 0. The number of nitrogens with zero attached hydrogens (tertiary/aromatic N) is 2. The lowest BCUT2D eigenvalue weighted by Crippen LogP contribution is -2.19. The Bertz CT molecular complexity index is 707. The first-order valence-corrected chi connectivity index (χ1v) is 6.53. The van der Waals surface area contributed by atoms with Crippen LogP contribution in [0.4, 0.5) is 0 Å². The third kappa shape index (κ3) is 2.43. The molecule has 104 valence electrons. The summed E-state index contributed by atoms with van der Waals surface area (Å²) in [4.78, 5) is 16.6. The number of carbonyl (C=O) groups is 1. The van der Waals surface area contributed by atoms with Crippen molar-refractivity contribution in [3.63, 3.8) is 0 Å². The standard InChI is InChI=1S/C16H12N2O3/c17-10-13(11-4-6-18-7-5-11)15(19)12-2-1-3-14-16(12)21-9-8-20-14/h1-7,13H,8-9H2. The van der Waals surface area contributed by atoms with Gasteiger partial charge in [0.1, 0.15) is 19.1 Å². The summed E-state index contributed by atoms with van der Waals surface area (Å²) in [7, 11) is 0. The lowest BCUT2D eigenvalue weighted by Gasteiger charge is -2.21. The van der Waals surface area contributed by atoms with Crippen molar-refractivity contribution in [2.75, 3.05) is 13.2 Å². The van der Waals surface area contributed by atoms with Crippen LogP contribution in [-0.4, -0.2) is 24.0 Å². The molecule has 0 N–H and O–H groups in total. The van der Waals surface area contributed by atoms with Gasteiger partial charge in [-0.25, -0.2) is 0 Å². The fourth-order valence-electron chi connectivity index (χ4n) is 2.26. The van der Waals surface area contributed by atoms with E-state index in [9.17, 15) is 10.1 Å². The fourth-order valence-corrected chi connectivity index (χ4v) is 2.26. The number of nitriles is 1. The summed E-state index contributed by atoms with van der Waals surface area (Å²) < 4.78 is 11.0. The number of hydrogen-bond acceptors (Lipinski definition) is 5. The Kier molecular flexibility index (Phi) is 3.52. The van der Waals surface area contributed by atoms with E-state index in [1.165, 1.54) is 0 Å². The number of benzene rings is 1. The number of para-hydroxylation sites is 1. The zero-order chi connectivity index (χ0) is 14.7. The third-order valence-corrected chi connectivity index (χ3v) is 3.26. The second kappa shape index (κ2) is 5.63. The minimum atomic E-state index is -0.884. The summed E-state index contributed by atoms with van der Waals surface area (Å²) in [6, 6.07) is 10.5. The molecule has 0 fully saturated rings. The number of Topliss-reactive ketones (excluding diaryl/α,β-unsaturated/α-hetero) is 1. The van der Waals surface area contributed by atoms with Gasteiger partial charge in [0, 0.05) is 12.4 Å². The predicted molar refractivity (Wildman–Crippen MR) is 74.4 cm³/mol. The topological polar surface area (TPSA) is 72.2 Å². The quantitative estimate of drug-likeness (QED) is 0.807. The first kappa shape index (κ1) is 13.1. The van der Waals surface area contributed by atoms with Gasteiger partial charge in [0.05, 0.1) is 11.6 Å². The molecular formula is C16H12N2O3. The zero-order valence-corrected chi connectivity index (χ0v) is 11.2. The molecule has 1 atom stereocenters. The number of pyridine rings is 1. The van der Waals surface area contributed by atoms with E-state index in [1.807, 2.05) is 6.07 Å². The molecule has 0 aliphatic carbocycles. The summed E-state index contributed by atoms with van der Waals surface area (Å²) in [5.41, 5.74) is 0.988. The van der Waals surface area contributed by atoms with Gasteiger partial charge in [0.25, 0.3) is 0 Å². The van der Waals surface area contributed by atoms with Crippen LogP contribution in [-0.2, 0) is 0 Å². The number of rotatable bonds is 3. The monoisotopic (exact) mass is 280 g/mol. The van der Waals surface area contributed by atoms with Gasteiger partial charge in [-0.15, -0.1) is 0 Å². The second-order valence-corrected chi connectivity index (χ2v) is 4.54. The van der Waals surface area contributed by atoms with Crippen LogP contribution in [0.3, 0.4) is 0 Å². The lowest BCUT2D eigenvalue weighted by molar-refractivity contribution is 0.0967. The highest BCUT2D eigenvalue weighted by molar-refractivity contribution is 6.05. The number of aromatic nitrogens is 1. The minimum absolute atomic E-state index is 0.300. The summed E-state index contributed by atoms with van der Waals surface area (Å²) in [5.74, 6) is -0.224. The van der Waals surface area contributed by atoms with Crippen LogP contribution >= 0.6 is 0 Å². The Labute approximate surface area is 121 Å². The van der Waals surface area contributed by atoms with Crippen molar-refractivity contribution in [1.29, 1.82) is 5.26 Å². The van der Waals surface area contributed by atoms with Crippen molar-refractivity contribution in [1.82, 2.24) is 4.98 Å². The molecule has 1 aliphatic rings. The Morgan fingerprint density at radius 2 is 1.95 bits per heavy atom. The van der Waals surface area contributed by atoms with E-state index >= 15 is 0 Å². The van der Waals surface area contributed by atoms with Gasteiger partial charge in [0.2, 0.25) is 0 Å². The summed E-state index contributed by atoms with van der Waals surface area (Å²) in [6.45, 7) is 0.848. The van der Waals surface area contributed by atoms with Gasteiger partial charge >= 0.3 is 0 Å². The maximum Gasteiger partial charge on any atom is 0.188 e. The van der Waals surface area contributed by atoms with Crippen LogP contribution in [0.2, 0.25) is 0 Å². The van der Waals surface area contributed by atoms with Crippen molar-refractivity contribution >= 4 is 5.78 Å². The van der Waals surface area contributed by atoms with Crippen LogP contribution in [0.15, 0.2) is 42.7 Å². The first-order chi connectivity index (χ1) is 10.3. The number of ether oxygens (including phenoxy) is 2. The maximum atomic E-state index is 12.7. The van der Waals surface area contributed by atoms with Crippen LogP contribution in [0.25, 0.3) is 0 Å². The van der Waals surface area contributed by atoms with E-state index < -0.39 is 5.92 Å². The normalized spacial score (nSPS) is 14.0. The SMILES string of the molecule is N#CC(C(=O)c1cccc2c1OCCO2)c1ccncc1. The molecule has 0 bridgehead atoms. The van der Waals surface area contributed by atoms with E-state index in [2.05, 4.69) is 4.98 Å². The van der Waals surface area contributed by atoms with Crippen molar-refractivity contribution in [2.24, 2.45) is 0 Å². The predicted octanol–water partition coefficient (Wildman–Crippen LogP) is 2.34. The molecule has 5 nitrogen and oxygen atoms in total. The molecule has 0 amide bonds. The Morgan fingerprint density at radius 1 is 1.19 bits per heavy atom. The fraction of sp³-hybridized carbons (Fsp3) is 0.188. The molecule has 0 saturated carbocycles. The molecule has 2 aromatic rings. The Hall–Kier alpha value is -2.87. The smallest absolute Gasteiger partial charge is 0.188 e. The van der Waals surface area contributed by atoms with Gasteiger partial charge in [-0.2, -0.15) is 5.26 Å².